The molecule has 0 bridgehead atoms. The fourth-order valence-electron chi connectivity index (χ4n) is 1.99. The van der Waals surface area contributed by atoms with Gasteiger partial charge < -0.3 is 20.1 Å². The summed E-state index contributed by atoms with van der Waals surface area (Å²) in [7, 11) is 1.25. The smallest absolute Gasteiger partial charge is 0.336 e. The molecule has 1 aromatic rings. The SMILES string of the molecule is COC(=O)C1CN(C(=O)c2cc(F)ccc2N)CCO1. The number of halogens is 1. The lowest BCUT2D eigenvalue weighted by Gasteiger charge is -2.31. The quantitative estimate of drug-likeness (QED) is 0.628. The molecular weight excluding hydrogens is 267 g/mol. The molecule has 1 unspecified atom stereocenters. The molecule has 1 saturated heterocycles. The van der Waals surface area contributed by atoms with Crippen LogP contribution in [0.1, 0.15) is 10.4 Å². The molecule has 0 aliphatic carbocycles. The molecule has 0 spiro atoms. The second kappa shape index (κ2) is 5.87. The van der Waals surface area contributed by atoms with Crippen LogP contribution < -0.4 is 5.73 Å². The molecule has 1 fully saturated rings. The lowest BCUT2D eigenvalue weighted by atomic mass is 10.1. The maximum Gasteiger partial charge on any atom is 0.336 e. The van der Waals surface area contributed by atoms with E-state index in [0.29, 0.717) is 6.54 Å². The van der Waals surface area contributed by atoms with E-state index in [1.54, 1.807) is 0 Å². The highest BCUT2D eigenvalue weighted by Crippen LogP contribution is 2.18. The van der Waals surface area contributed by atoms with Crippen molar-refractivity contribution in [1.29, 1.82) is 0 Å². The second-order valence-electron chi connectivity index (χ2n) is 4.37. The van der Waals surface area contributed by atoms with Crippen molar-refractivity contribution in [3.05, 3.63) is 29.6 Å². The Balaban J connectivity index is 2.16. The molecule has 108 valence electrons. The molecule has 7 heteroatoms. The first-order valence-corrected chi connectivity index (χ1v) is 6.06. The van der Waals surface area contributed by atoms with Gasteiger partial charge in [-0.1, -0.05) is 0 Å². The van der Waals surface area contributed by atoms with E-state index in [4.69, 9.17) is 10.5 Å². The monoisotopic (exact) mass is 282 g/mol. The molecule has 6 nitrogen and oxygen atoms in total. The van der Waals surface area contributed by atoms with Crippen molar-refractivity contribution in [1.82, 2.24) is 4.90 Å². The lowest BCUT2D eigenvalue weighted by Crippen LogP contribution is -2.49. The highest BCUT2D eigenvalue weighted by Gasteiger charge is 2.31. The summed E-state index contributed by atoms with van der Waals surface area (Å²) < 4.78 is 23.0. The Bertz CT molecular complexity index is 535. The molecule has 2 N–H and O–H groups in total. The van der Waals surface area contributed by atoms with E-state index in [0.717, 1.165) is 6.07 Å². The third-order valence-electron chi connectivity index (χ3n) is 3.06. The van der Waals surface area contributed by atoms with Gasteiger partial charge >= 0.3 is 5.97 Å². The molecule has 0 aromatic heterocycles. The second-order valence-corrected chi connectivity index (χ2v) is 4.37. The Morgan fingerprint density at radius 2 is 2.25 bits per heavy atom. The third-order valence-corrected chi connectivity index (χ3v) is 3.06. The summed E-state index contributed by atoms with van der Waals surface area (Å²) in [4.78, 5) is 25.1. The number of amides is 1. The minimum atomic E-state index is -0.826. The normalized spacial score (nSPS) is 18.7. The van der Waals surface area contributed by atoms with E-state index >= 15 is 0 Å². The van der Waals surface area contributed by atoms with Crippen LogP contribution in [-0.2, 0) is 14.3 Å². The number of nitrogens with two attached hydrogens (primary N) is 1. The zero-order chi connectivity index (χ0) is 14.7. The van der Waals surface area contributed by atoms with Crippen molar-refractivity contribution in [2.24, 2.45) is 0 Å². The largest absolute Gasteiger partial charge is 0.467 e. The van der Waals surface area contributed by atoms with Crippen molar-refractivity contribution >= 4 is 17.6 Å². The van der Waals surface area contributed by atoms with Crippen LogP contribution in [0.4, 0.5) is 10.1 Å². The van der Waals surface area contributed by atoms with E-state index < -0.39 is 23.8 Å². The highest BCUT2D eigenvalue weighted by molar-refractivity contribution is 5.99. The number of esters is 1. The standard InChI is InChI=1S/C13H15FN2O4/c1-19-13(18)11-7-16(4-5-20-11)12(17)9-6-8(14)2-3-10(9)15/h2-3,6,11H,4-5,7,15H2,1H3. The Kier molecular flexibility index (Phi) is 4.19. The summed E-state index contributed by atoms with van der Waals surface area (Å²) in [6.07, 6.45) is -0.826. The summed E-state index contributed by atoms with van der Waals surface area (Å²) in [6.45, 7) is 0.574. The predicted molar refractivity (Wildman–Crippen MR) is 68.5 cm³/mol. The number of rotatable bonds is 2. The van der Waals surface area contributed by atoms with Crippen LogP contribution in [0.2, 0.25) is 0 Å². The minimum absolute atomic E-state index is 0.0570. The van der Waals surface area contributed by atoms with Gasteiger partial charge in [-0.25, -0.2) is 9.18 Å². The molecule has 1 heterocycles. The topological polar surface area (TPSA) is 81.9 Å². The Morgan fingerprint density at radius 3 is 2.95 bits per heavy atom. The van der Waals surface area contributed by atoms with E-state index in [9.17, 15) is 14.0 Å². The van der Waals surface area contributed by atoms with Crippen LogP contribution in [-0.4, -0.2) is 49.7 Å². The Hall–Kier alpha value is -2.15. The minimum Gasteiger partial charge on any atom is -0.467 e. The lowest BCUT2D eigenvalue weighted by molar-refractivity contribution is -0.158. The van der Waals surface area contributed by atoms with E-state index in [2.05, 4.69) is 4.74 Å². The number of nitrogens with zero attached hydrogens (tertiary/aromatic N) is 1. The van der Waals surface area contributed by atoms with E-state index in [-0.39, 0.29) is 24.4 Å². The number of carbonyl (C=O) groups excluding carboxylic acids is 2. The first kappa shape index (κ1) is 14.3. The molecular formula is C13H15FN2O4. The van der Waals surface area contributed by atoms with Gasteiger partial charge in [0.1, 0.15) is 5.82 Å². The molecule has 20 heavy (non-hydrogen) atoms. The summed E-state index contributed by atoms with van der Waals surface area (Å²) in [6, 6.07) is 3.60. The first-order chi connectivity index (χ1) is 9.52. The van der Waals surface area contributed by atoms with E-state index in [1.165, 1.54) is 24.1 Å². The van der Waals surface area contributed by atoms with Gasteiger partial charge in [0.05, 0.1) is 25.8 Å². The average Bonchev–Trinajstić information content (AvgIpc) is 2.48. The number of anilines is 1. The zero-order valence-corrected chi connectivity index (χ0v) is 11.0. The zero-order valence-electron chi connectivity index (χ0n) is 11.0. The Labute approximate surface area is 115 Å². The van der Waals surface area contributed by atoms with Gasteiger partial charge in [0.2, 0.25) is 0 Å². The van der Waals surface area contributed by atoms with Crippen LogP contribution in [0.3, 0.4) is 0 Å². The highest BCUT2D eigenvalue weighted by atomic mass is 19.1. The van der Waals surface area contributed by atoms with Crippen LogP contribution >= 0.6 is 0 Å². The van der Waals surface area contributed by atoms with Crippen molar-refractivity contribution in [2.75, 3.05) is 32.5 Å². The van der Waals surface area contributed by atoms with Crippen LogP contribution in [0.25, 0.3) is 0 Å². The molecule has 1 atom stereocenters. The number of benzene rings is 1. The van der Waals surface area contributed by atoms with Crippen LogP contribution in [0.5, 0.6) is 0 Å². The third kappa shape index (κ3) is 2.88. The van der Waals surface area contributed by atoms with Gasteiger partial charge in [0, 0.05) is 12.2 Å². The molecule has 1 aromatic carbocycles. The van der Waals surface area contributed by atoms with Crippen molar-refractivity contribution in [2.45, 2.75) is 6.10 Å². The summed E-state index contributed by atoms with van der Waals surface area (Å²) in [5.74, 6) is -1.52. The van der Waals surface area contributed by atoms with Gasteiger partial charge in [0.25, 0.3) is 5.91 Å². The van der Waals surface area contributed by atoms with Crippen LogP contribution in [0, 0.1) is 5.82 Å². The number of hydrogen-bond donors (Lipinski definition) is 1. The van der Waals surface area contributed by atoms with Crippen molar-refractivity contribution in [3.8, 4) is 0 Å². The summed E-state index contributed by atoms with van der Waals surface area (Å²) >= 11 is 0. The molecule has 1 aliphatic heterocycles. The number of morpholine rings is 1. The maximum atomic E-state index is 13.2. The Morgan fingerprint density at radius 1 is 1.50 bits per heavy atom. The first-order valence-electron chi connectivity index (χ1n) is 6.06. The van der Waals surface area contributed by atoms with Crippen LogP contribution in [0.15, 0.2) is 18.2 Å². The number of hydrogen-bond acceptors (Lipinski definition) is 5. The van der Waals surface area contributed by atoms with Gasteiger partial charge in [-0.2, -0.15) is 0 Å². The fraction of sp³-hybridized carbons (Fsp3) is 0.385. The average molecular weight is 282 g/mol. The van der Waals surface area contributed by atoms with E-state index in [1.807, 2.05) is 0 Å². The molecule has 0 radical (unpaired) electrons. The molecule has 1 aliphatic rings. The number of methoxy groups -OCH3 is 1. The van der Waals surface area contributed by atoms with Gasteiger partial charge in [0.15, 0.2) is 6.10 Å². The number of nitrogen functional groups attached to an aromatic ring is 1. The summed E-state index contributed by atoms with van der Waals surface area (Å²) in [5, 5.41) is 0. The molecule has 1 amide bonds. The summed E-state index contributed by atoms with van der Waals surface area (Å²) in [5.41, 5.74) is 5.95. The van der Waals surface area contributed by atoms with Crippen molar-refractivity contribution in [3.63, 3.8) is 0 Å². The van der Waals surface area contributed by atoms with Gasteiger partial charge in [-0.3, -0.25) is 4.79 Å². The number of ether oxygens (including phenoxy) is 2. The maximum absolute atomic E-state index is 13.2. The van der Waals surface area contributed by atoms with Crippen molar-refractivity contribution < 1.29 is 23.5 Å². The predicted octanol–water partition coefficient (Wildman–Crippen LogP) is 0.422. The molecule has 2 rings (SSSR count). The van der Waals surface area contributed by atoms with Gasteiger partial charge in [-0.05, 0) is 18.2 Å². The van der Waals surface area contributed by atoms with Gasteiger partial charge in [-0.15, -0.1) is 0 Å². The number of carbonyl (C=O) groups is 2. The fourth-order valence-corrected chi connectivity index (χ4v) is 1.99. The molecule has 0 saturated carbocycles.